The van der Waals surface area contributed by atoms with Crippen molar-refractivity contribution in [1.29, 1.82) is 0 Å². The van der Waals surface area contributed by atoms with Crippen LogP contribution in [-0.4, -0.2) is 30.6 Å². The van der Waals surface area contributed by atoms with Crippen molar-refractivity contribution in [3.8, 4) is 0 Å². The predicted molar refractivity (Wildman–Crippen MR) is 85.3 cm³/mol. The first kappa shape index (κ1) is 15.8. The fraction of sp³-hybridized carbons (Fsp3) is 0.588. The van der Waals surface area contributed by atoms with Gasteiger partial charge in [-0.15, -0.1) is 0 Å². The fourth-order valence-corrected chi connectivity index (χ4v) is 2.70. The zero-order valence-electron chi connectivity index (χ0n) is 13.0. The smallest absolute Gasteiger partial charge is 0.239 e. The number of hydrogen-bond acceptors (Lipinski definition) is 3. The second-order valence-corrected chi connectivity index (χ2v) is 6.17. The van der Waals surface area contributed by atoms with E-state index in [9.17, 15) is 9.90 Å². The lowest BCUT2D eigenvalue weighted by Gasteiger charge is -2.24. The highest BCUT2D eigenvalue weighted by Gasteiger charge is 2.22. The molecule has 116 valence electrons. The molecule has 0 fully saturated rings. The Morgan fingerprint density at radius 3 is 2.95 bits per heavy atom. The molecule has 1 aliphatic rings. The average Bonchev–Trinajstić information content (AvgIpc) is 2.59. The summed E-state index contributed by atoms with van der Waals surface area (Å²) in [5.74, 6) is 0.654. The number of carbonyl (C=O) groups is 1. The summed E-state index contributed by atoms with van der Waals surface area (Å²) in [6, 6.07) is 7.84. The molecule has 0 aromatic heterocycles. The summed E-state index contributed by atoms with van der Waals surface area (Å²) in [6.07, 6.45) is 2.23. The summed E-state index contributed by atoms with van der Waals surface area (Å²) in [5.41, 5.74) is 1.92. The number of benzene rings is 1. The molecule has 1 aliphatic heterocycles. The van der Waals surface area contributed by atoms with Gasteiger partial charge in [-0.05, 0) is 31.2 Å². The Morgan fingerprint density at radius 2 is 2.19 bits per heavy atom. The molecule has 1 aromatic carbocycles. The van der Waals surface area contributed by atoms with E-state index >= 15 is 0 Å². The maximum Gasteiger partial charge on any atom is 0.239 e. The largest absolute Gasteiger partial charge is 0.388 e. The summed E-state index contributed by atoms with van der Waals surface area (Å²) < 4.78 is 0. The Balaban J connectivity index is 1.99. The monoisotopic (exact) mass is 290 g/mol. The van der Waals surface area contributed by atoms with Gasteiger partial charge >= 0.3 is 0 Å². The van der Waals surface area contributed by atoms with E-state index in [1.165, 1.54) is 0 Å². The third-order valence-corrected chi connectivity index (χ3v) is 3.92. The second-order valence-electron chi connectivity index (χ2n) is 6.17. The summed E-state index contributed by atoms with van der Waals surface area (Å²) >= 11 is 0. The highest BCUT2D eigenvalue weighted by Crippen LogP contribution is 2.32. The molecule has 0 bridgehead atoms. The molecule has 2 rings (SSSR count). The predicted octanol–water partition coefficient (Wildman–Crippen LogP) is 2.48. The van der Waals surface area contributed by atoms with Crippen LogP contribution in [0.2, 0.25) is 0 Å². The van der Waals surface area contributed by atoms with Crippen LogP contribution in [0.25, 0.3) is 0 Å². The molecule has 1 unspecified atom stereocenters. The molecule has 0 aliphatic carbocycles. The zero-order chi connectivity index (χ0) is 15.2. The summed E-state index contributed by atoms with van der Waals surface area (Å²) in [4.78, 5) is 14.2. The van der Waals surface area contributed by atoms with Gasteiger partial charge in [0.05, 0.1) is 12.6 Å². The van der Waals surface area contributed by atoms with Crippen LogP contribution in [0.5, 0.6) is 0 Å². The highest BCUT2D eigenvalue weighted by atomic mass is 16.3. The van der Waals surface area contributed by atoms with Gasteiger partial charge in [0.15, 0.2) is 0 Å². The van der Waals surface area contributed by atoms with Crippen LogP contribution in [0.3, 0.4) is 0 Å². The normalized spacial score (nSPS) is 18.3. The quantitative estimate of drug-likeness (QED) is 0.876. The fourth-order valence-electron chi connectivity index (χ4n) is 2.70. The van der Waals surface area contributed by atoms with E-state index in [0.29, 0.717) is 12.5 Å². The third kappa shape index (κ3) is 4.46. The van der Waals surface area contributed by atoms with Crippen molar-refractivity contribution in [2.24, 2.45) is 5.92 Å². The van der Waals surface area contributed by atoms with Gasteiger partial charge in [0.1, 0.15) is 0 Å². The molecular weight excluding hydrogens is 264 g/mol. The maximum atomic E-state index is 12.1. The van der Waals surface area contributed by atoms with E-state index in [4.69, 9.17) is 0 Å². The van der Waals surface area contributed by atoms with Crippen LogP contribution in [0.15, 0.2) is 24.3 Å². The first-order chi connectivity index (χ1) is 10.1. The first-order valence-corrected chi connectivity index (χ1v) is 7.86. The minimum atomic E-state index is -0.421. The SMILES string of the molecule is CC(C)CCNC(=O)CN1CCCC(O)c2ccccc21. The van der Waals surface area contributed by atoms with Crippen molar-refractivity contribution < 1.29 is 9.90 Å². The van der Waals surface area contributed by atoms with Crippen molar-refractivity contribution >= 4 is 11.6 Å². The van der Waals surface area contributed by atoms with Crippen LogP contribution >= 0.6 is 0 Å². The first-order valence-electron chi connectivity index (χ1n) is 7.86. The molecule has 1 heterocycles. The molecule has 0 saturated carbocycles. The van der Waals surface area contributed by atoms with Crippen LogP contribution < -0.4 is 10.2 Å². The lowest BCUT2D eigenvalue weighted by molar-refractivity contribution is -0.119. The molecule has 1 amide bonds. The van der Waals surface area contributed by atoms with E-state index < -0.39 is 6.10 Å². The topological polar surface area (TPSA) is 52.6 Å². The lowest BCUT2D eigenvalue weighted by Crippen LogP contribution is -2.38. The van der Waals surface area contributed by atoms with E-state index in [2.05, 4.69) is 24.1 Å². The Kier molecular flexibility index (Phi) is 5.62. The van der Waals surface area contributed by atoms with Gasteiger partial charge in [0.25, 0.3) is 0 Å². The van der Waals surface area contributed by atoms with Crippen molar-refractivity contribution in [3.05, 3.63) is 29.8 Å². The molecule has 0 saturated heterocycles. The van der Waals surface area contributed by atoms with Gasteiger partial charge < -0.3 is 15.3 Å². The molecular formula is C17H26N2O2. The van der Waals surface area contributed by atoms with E-state index in [1.807, 2.05) is 24.3 Å². The Morgan fingerprint density at radius 1 is 1.43 bits per heavy atom. The second kappa shape index (κ2) is 7.46. The van der Waals surface area contributed by atoms with E-state index in [1.54, 1.807) is 0 Å². The van der Waals surface area contributed by atoms with Gasteiger partial charge in [-0.3, -0.25) is 4.79 Å². The van der Waals surface area contributed by atoms with Gasteiger partial charge in [-0.1, -0.05) is 32.0 Å². The summed E-state index contributed by atoms with van der Waals surface area (Å²) in [7, 11) is 0. The third-order valence-electron chi connectivity index (χ3n) is 3.92. The minimum absolute atomic E-state index is 0.0573. The Labute approximate surface area is 127 Å². The minimum Gasteiger partial charge on any atom is -0.388 e. The Hall–Kier alpha value is -1.55. The molecule has 1 aromatic rings. The van der Waals surface area contributed by atoms with Crippen LogP contribution in [0, 0.1) is 5.92 Å². The van der Waals surface area contributed by atoms with Gasteiger partial charge in [-0.2, -0.15) is 0 Å². The molecule has 4 nitrogen and oxygen atoms in total. The number of rotatable bonds is 5. The average molecular weight is 290 g/mol. The molecule has 21 heavy (non-hydrogen) atoms. The van der Waals surface area contributed by atoms with Gasteiger partial charge in [0.2, 0.25) is 5.91 Å². The van der Waals surface area contributed by atoms with Gasteiger partial charge in [-0.25, -0.2) is 0 Å². The number of aliphatic hydroxyl groups is 1. The molecule has 2 N–H and O–H groups in total. The van der Waals surface area contributed by atoms with Crippen LogP contribution in [0.4, 0.5) is 5.69 Å². The number of para-hydroxylation sites is 1. The number of fused-ring (bicyclic) bond motifs is 1. The number of carbonyl (C=O) groups excluding carboxylic acids is 1. The highest BCUT2D eigenvalue weighted by molar-refractivity contribution is 5.81. The number of aliphatic hydroxyl groups excluding tert-OH is 1. The molecule has 4 heteroatoms. The lowest BCUT2D eigenvalue weighted by atomic mass is 10.0. The van der Waals surface area contributed by atoms with E-state index in [-0.39, 0.29) is 5.91 Å². The molecule has 1 atom stereocenters. The Bertz CT molecular complexity index is 474. The number of nitrogens with zero attached hydrogens (tertiary/aromatic N) is 1. The molecule has 0 spiro atoms. The van der Waals surface area contributed by atoms with Crippen molar-refractivity contribution in [2.75, 3.05) is 24.5 Å². The summed E-state index contributed by atoms with van der Waals surface area (Å²) in [6.45, 7) is 6.21. The van der Waals surface area contributed by atoms with Gasteiger partial charge in [0, 0.05) is 24.3 Å². The number of nitrogens with one attached hydrogen (secondary N) is 1. The van der Waals surface area contributed by atoms with Crippen molar-refractivity contribution in [2.45, 2.75) is 39.2 Å². The zero-order valence-corrected chi connectivity index (χ0v) is 13.0. The number of anilines is 1. The number of amides is 1. The summed E-state index contributed by atoms with van der Waals surface area (Å²) in [5, 5.41) is 13.1. The standard InChI is InChI=1S/C17H26N2O2/c1-13(2)9-10-18-17(21)12-19-11-5-8-16(20)14-6-3-4-7-15(14)19/h3-4,6-7,13,16,20H,5,8-12H2,1-2H3,(H,18,21). The van der Waals surface area contributed by atoms with E-state index in [0.717, 1.165) is 43.6 Å². The van der Waals surface area contributed by atoms with Crippen LogP contribution in [0.1, 0.15) is 44.8 Å². The van der Waals surface area contributed by atoms with Crippen molar-refractivity contribution in [1.82, 2.24) is 5.32 Å². The maximum absolute atomic E-state index is 12.1. The van der Waals surface area contributed by atoms with Crippen molar-refractivity contribution in [3.63, 3.8) is 0 Å². The number of hydrogen-bond donors (Lipinski definition) is 2. The van der Waals surface area contributed by atoms with Crippen LogP contribution in [-0.2, 0) is 4.79 Å². The molecule has 0 radical (unpaired) electrons.